The molecule has 0 aliphatic carbocycles. The molecule has 1 aliphatic heterocycles. The molecule has 1 fully saturated rings. The third-order valence-electron chi connectivity index (χ3n) is 6.40. The van der Waals surface area contributed by atoms with Gasteiger partial charge in [0.15, 0.2) is 0 Å². The Morgan fingerprint density at radius 3 is 2.25 bits per heavy atom. The zero-order chi connectivity index (χ0) is 22.5. The highest BCUT2D eigenvalue weighted by Crippen LogP contribution is 2.17. The molecule has 2 heterocycles. The first kappa shape index (κ1) is 22.1. The van der Waals surface area contributed by atoms with Crippen LogP contribution >= 0.6 is 0 Å². The van der Waals surface area contributed by atoms with E-state index in [4.69, 9.17) is 0 Å². The van der Waals surface area contributed by atoms with Crippen LogP contribution in [0.3, 0.4) is 0 Å². The van der Waals surface area contributed by atoms with Gasteiger partial charge in [0.2, 0.25) is 0 Å². The number of carbonyl (C=O) groups is 1. The maximum atomic E-state index is 13.0. The molecule has 3 aromatic rings. The number of carbonyl (C=O) groups excluding carboxylic acids is 1. The number of anilines is 1. The number of para-hydroxylation sites is 1. The first-order valence-electron chi connectivity index (χ1n) is 11.4. The van der Waals surface area contributed by atoms with Gasteiger partial charge in [-0.1, -0.05) is 48.5 Å². The average Bonchev–Trinajstić information content (AvgIpc) is 3.11. The van der Waals surface area contributed by atoms with E-state index < -0.39 is 0 Å². The van der Waals surface area contributed by atoms with Crippen molar-refractivity contribution in [1.29, 1.82) is 0 Å². The van der Waals surface area contributed by atoms with E-state index in [1.54, 1.807) is 0 Å². The highest BCUT2D eigenvalue weighted by Gasteiger charge is 2.23. The molecule has 6 nitrogen and oxygen atoms in total. The van der Waals surface area contributed by atoms with Crippen LogP contribution < -0.4 is 10.2 Å². The van der Waals surface area contributed by atoms with Crippen LogP contribution in [-0.4, -0.2) is 59.4 Å². The minimum atomic E-state index is -0.0333. The maximum absolute atomic E-state index is 13.0. The van der Waals surface area contributed by atoms with Crippen LogP contribution in [0.5, 0.6) is 0 Å². The Morgan fingerprint density at radius 2 is 1.59 bits per heavy atom. The van der Waals surface area contributed by atoms with Crippen LogP contribution in [0, 0.1) is 13.8 Å². The van der Waals surface area contributed by atoms with Crippen LogP contribution in [0.1, 0.15) is 34.2 Å². The second-order valence-corrected chi connectivity index (χ2v) is 8.61. The molecule has 2 aromatic carbocycles. The number of nitrogens with one attached hydrogen (secondary N) is 1. The highest BCUT2D eigenvalue weighted by molar-refractivity contribution is 5.96. The Morgan fingerprint density at radius 1 is 0.969 bits per heavy atom. The number of hydrogen-bond acceptors (Lipinski definition) is 4. The van der Waals surface area contributed by atoms with Gasteiger partial charge < -0.3 is 10.2 Å². The molecular weight excluding hydrogens is 398 g/mol. The molecule has 1 aliphatic rings. The monoisotopic (exact) mass is 431 g/mol. The molecule has 6 heteroatoms. The summed E-state index contributed by atoms with van der Waals surface area (Å²) in [7, 11) is 0. The minimum Gasteiger partial charge on any atom is -0.369 e. The van der Waals surface area contributed by atoms with Crippen LogP contribution in [0.4, 0.5) is 5.69 Å². The van der Waals surface area contributed by atoms with Crippen molar-refractivity contribution < 1.29 is 4.79 Å². The quantitative estimate of drug-likeness (QED) is 0.622. The number of aromatic nitrogens is 2. The number of benzene rings is 2. The highest BCUT2D eigenvalue weighted by atomic mass is 16.1. The summed E-state index contributed by atoms with van der Waals surface area (Å²) >= 11 is 0. The van der Waals surface area contributed by atoms with Crippen molar-refractivity contribution in [3.05, 3.63) is 83.2 Å². The van der Waals surface area contributed by atoms with Crippen molar-refractivity contribution in [2.75, 3.05) is 37.6 Å². The molecule has 0 spiro atoms. The predicted octanol–water partition coefficient (Wildman–Crippen LogP) is 3.49. The lowest BCUT2D eigenvalue weighted by Crippen LogP contribution is -2.52. The fourth-order valence-corrected chi connectivity index (χ4v) is 4.45. The lowest BCUT2D eigenvalue weighted by Gasteiger charge is -2.39. The van der Waals surface area contributed by atoms with E-state index in [1.807, 2.05) is 36.7 Å². The van der Waals surface area contributed by atoms with Crippen LogP contribution in [0.15, 0.2) is 60.7 Å². The molecule has 1 N–H and O–H groups in total. The summed E-state index contributed by atoms with van der Waals surface area (Å²) in [6.07, 6.45) is 0. The third kappa shape index (κ3) is 5.02. The summed E-state index contributed by atoms with van der Waals surface area (Å²) in [5, 5.41) is 7.77. The van der Waals surface area contributed by atoms with Crippen molar-refractivity contribution in [2.45, 2.75) is 33.4 Å². The zero-order valence-corrected chi connectivity index (χ0v) is 19.3. The van der Waals surface area contributed by atoms with Gasteiger partial charge in [0.25, 0.3) is 5.91 Å². The smallest absolute Gasteiger partial charge is 0.255 e. The summed E-state index contributed by atoms with van der Waals surface area (Å²) in [6, 6.07) is 21.1. The van der Waals surface area contributed by atoms with E-state index >= 15 is 0 Å². The SMILES string of the molecule is Cc1nn(Cc2ccccc2)c(C)c1C(=O)NCC(C)N1CCN(c2ccccc2)CC1. The molecule has 1 atom stereocenters. The number of piperazine rings is 1. The fourth-order valence-electron chi connectivity index (χ4n) is 4.45. The van der Waals surface area contributed by atoms with Gasteiger partial charge >= 0.3 is 0 Å². The van der Waals surface area contributed by atoms with Crippen LogP contribution in [0.2, 0.25) is 0 Å². The Hall–Kier alpha value is -3.12. The van der Waals surface area contributed by atoms with Gasteiger partial charge in [0.1, 0.15) is 0 Å². The van der Waals surface area contributed by atoms with E-state index in [2.05, 4.69) is 69.6 Å². The summed E-state index contributed by atoms with van der Waals surface area (Å²) in [5.74, 6) is -0.0333. The van der Waals surface area contributed by atoms with Gasteiger partial charge in [0.05, 0.1) is 17.8 Å². The molecule has 0 radical (unpaired) electrons. The van der Waals surface area contributed by atoms with Gasteiger partial charge in [-0.2, -0.15) is 5.10 Å². The fraction of sp³-hybridized carbons (Fsp3) is 0.385. The molecular formula is C26H33N5O. The summed E-state index contributed by atoms with van der Waals surface area (Å²) in [4.78, 5) is 17.9. The molecule has 1 unspecified atom stereocenters. The number of nitrogens with zero attached hydrogens (tertiary/aromatic N) is 4. The number of rotatable bonds is 7. The van der Waals surface area contributed by atoms with E-state index in [-0.39, 0.29) is 11.9 Å². The van der Waals surface area contributed by atoms with Crippen molar-refractivity contribution in [2.24, 2.45) is 0 Å². The molecule has 168 valence electrons. The van der Waals surface area contributed by atoms with Crippen LogP contribution in [-0.2, 0) is 6.54 Å². The van der Waals surface area contributed by atoms with Crippen molar-refractivity contribution >= 4 is 11.6 Å². The van der Waals surface area contributed by atoms with Gasteiger partial charge in [-0.3, -0.25) is 14.4 Å². The van der Waals surface area contributed by atoms with Crippen LogP contribution in [0.25, 0.3) is 0 Å². The largest absolute Gasteiger partial charge is 0.369 e. The summed E-state index contributed by atoms with van der Waals surface area (Å²) in [5.41, 5.74) is 4.84. The number of amides is 1. The molecule has 0 saturated carbocycles. The Bertz CT molecular complexity index is 1020. The first-order chi connectivity index (χ1) is 15.5. The summed E-state index contributed by atoms with van der Waals surface area (Å²) < 4.78 is 1.92. The second-order valence-electron chi connectivity index (χ2n) is 8.61. The number of hydrogen-bond donors (Lipinski definition) is 1. The van der Waals surface area contributed by atoms with Crippen molar-refractivity contribution in [1.82, 2.24) is 20.0 Å². The lowest BCUT2D eigenvalue weighted by molar-refractivity contribution is 0.0933. The number of aryl methyl sites for hydroxylation is 1. The average molecular weight is 432 g/mol. The topological polar surface area (TPSA) is 53.4 Å². The summed E-state index contributed by atoms with van der Waals surface area (Å²) in [6.45, 7) is 11.4. The van der Waals surface area contributed by atoms with Gasteiger partial charge in [-0.05, 0) is 38.5 Å². The van der Waals surface area contributed by atoms with E-state index in [0.717, 1.165) is 37.6 Å². The molecule has 1 aromatic heterocycles. The van der Waals surface area contributed by atoms with E-state index in [0.29, 0.717) is 18.7 Å². The Kier molecular flexibility index (Phi) is 6.90. The second kappa shape index (κ2) is 10.0. The normalized spacial score (nSPS) is 15.5. The molecule has 1 saturated heterocycles. The third-order valence-corrected chi connectivity index (χ3v) is 6.40. The van der Waals surface area contributed by atoms with E-state index in [9.17, 15) is 4.79 Å². The molecule has 1 amide bonds. The van der Waals surface area contributed by atoms with Crippen molar-refractivity contribution in [3.8, 4) is 0 Å². The zero-order valence-electron chi connectivity index (χ0n) is 19.3. The Balaban J connectivity index is 1.31. The molecule has 32 heavy (non-hydrogen) atoms. The minimum absolute atomic E-state index is 0.0333. The standard InChI is InChI=1S/C26H33N5O/c1-20(29-14-16-30(17-15-29)24-12-8-5-9-13-24)18-27-26(32)25-21(2)28-31(22(25)3)19-23-10-6-4-7-11-23/h4-13,20H,14-19H2,1-3H3,(H,27,32). The predicted molar refractivity (Wildman–Crippen MR) is 129 cm³/mol. The van der Waals surface area contributed by atoms with Gasteiger partial charge in [0, 0.05) is 50.1 Å². The van der Waals surface area contributed by atoms with E-state index in [1.165, 1.54) is 11.3 Å². The first-order valence-corrected chi connectivity index (χ1v) is 11.4. The lowest BCUT2D eigenvalue weighted by atomic mass is 10.1. The maximum Gasteiger partial charge on any atom is 0.255 e. The van der Waals surface area contributed by atoms with Crippen molar-refractivity contribution in [3.63, 3.8) is 0 Å². The Labute approximate surface area is 190 Å². The van der Waals surface area contributed by atoms with Gasteiger partial charge in [-0.15, -0.1) is 0 Å². The van der Waals surface area contributed by atoms with Gasteiger partial charge in [-0.25, -0.2) is 0 Å². The molecule has 0 bridgehead atoms. The molecule has 4 rings (SSSR count).